The van der Waals surface area contributed by atoms with Crippen molar-refractivity contribution in [2.75, 3.05) is 31.1 Å². The molecule has 7 heteroatoms. The van der Waals surface area contributed by atoms with Crippen molar-refractivity contribution in [3.63, 3.8) is 0 Å². The fraction of sp³-hybridized carbons (Fsp3) is 0.250. The molecule has 0 aromatic carbocycles. The standard InChI is InChI=1S/C20H20N6S/c1-14-2-4-17(27-14)20-23-16-3-5-18(25-12-10-22-11-13-25)24-19(16)26(20)15-6-8-21-9-7-15/h2-9,22H,10-13H2,1H3. The van der Waals surface area contributed by atoms with Gasteiger partial charge in [0.25, 0.3) is 0 Å². The minimum atomic E-state index is 0.887. The number of nitrogens with zero attached hydrogens (tertiary/aromatic N) is 5. The van der Waals surface area contributed by atoms with Crippen LogP contribution in [0.25, 0.3) is 27.6 Å². The van der Waals surface area contributed by atoms with Crippen LogP contribution in [0, 0.1) is 6.92 Å². The predicted octanol–water partition coefficient (Wildman–Crippen LogP) is 3.26. The van der Waals surface area contributed by atoms with E-state index in [1.165, 1.54) is 4.88 Å². The molecule has 0 radical (unpaired) electrons. The average molecular weight is 376 g/mol. The third-order valence-corrected chi connectivity index (χ3v) is 5.81. The number of pyridine rings is 2. The Balaban J connectivity index is 1.72. The zero-order valence-electron chi connectivity index (χ0n) is 15.1. The summed E-state index contributed by atoms with van der Waals surface area (Å²) in [4.78, 5) is 18.8. The zero-order valence-corrected chi connectivity index (χ0v) is 15.9. The van der Waals surface area contributed by atoms with Crippen LogP contribution in [-0.4, -0.2) is 45.7 Å². The quantitative estimate of drug-likeness (QED) is 0.595. The van der Waals surface area contributed by atoms with Gasteiger partial charge in [0.15, 0.2) is 11.5 Å². The van der Waals surface area contributed by atoms with Crippen molar-refractivity contribution in [3.8, 4) is 16.4 Å². The Labute approximate surface area is 161 Å². The number of aryl methyl sites for hydroxylation is 1. The second-order valence-corrected chi connectivity index (χ2v) is 7.92. The van der Waals surface area contributed by atoms with E-state index in [0.717, 1.165) is 59.5 Å². The van der Waals surface area contributed by atoms with E-state index in [1.54, 1.807) is 11.3 Å². The third-order valence-electron chi connectivity index (χ3n) is 4.81. The first-order valence-electron chi connectivity index (χ1n) is 9.12. The second-order valence-electron chi connectivity index (χ2n) is 6.64. The van der Waals surface area contributed by atoms with Crippen LogP contribution >= 0.6 is 11.3 Å². The topological polar surface area (TPSA) is 58.9 Å². The predicted molar refractivity (Wildman–Crippen MR) is 110 cm³/mol. The number of thiophene rings is 1. The highest BCUT2D eigenvalue weighted by molar-refractivity contribution is 7.15. The molecule has 0 saturated carbocycles. The summed E-state index contributed by atoms with van der Waals surface area (Å²) in [6.07, 6.45) is 3.62. The average Bonchev–Trinajstić information content (AvgIpc) is 3.32. The van der Waals surface area contributed by atoms with Crippen LogP contribution in [0.5, 0.6) is 0 Å². The molecule has 1 aliphatic rings. The highest BCUT2D eigenvalue weighted by Crippen LogP contribution is 2.32. The smallest absolute Gasteiger partial charge is 0.167 e. The Hall–Kier alpha value is -2.77. The van der Waals surface area contributed by atoms with Gasteiger partial charge in [-0.1, -0.05) is 0 Å². The van der Waals surface area contributed by atoms with Crippen LogP contribution in [0.3, 0.4) is 0 Å². The van der Waals surface area contributed by atoms with Crippen LogP contribution in [0.4, 0.5) is 5.82 Å². The zero-order chi connectivity index (χ0) is 18.2. The van der Waals surface area contributed by atoms with Gasteiger partial charge < -0.3 is 10.2 Å². The molecule has 27 heavy (non-hydrogen) atoms. The summed E-state index contributed by atoms with van der Waals surface area (Å²) in [6, 6.07) is 12.4. The molecule has 6 nitrogen and oxygen atoms in total. The van der Waals surface area contributed by atoms with E-state index in [-0.39, 0.29) is 0 Å². The minimum absolute atomic E-state index is 0.887. The van der Waals surface area contributed by atoms with Crippen molar-refractivity contribution >= 4 is 28.3 Å². The third kappa shape index (κ3) is 2.98. The molecule has 1 N–H and O–H groups in total. The molecule has 0 spiro atoms. The Morgan fingerprint density at radius 2 is 1.78 bits per heavy atom. The van der Waals surface area contributed by atoms with E-state index in [9.17, 15) is 0 Å². The molecular weight excluding hydrogens is 356 g/mol. The van der Waals surface area contributed by atoms with Crippen molar-refractivity contribution in [2.24, 2.45) is 0 Å². The molecule has 5 rings (SSSR count). The lowest BCUT2D eigenvalue weighted by Gasteiger charge is -2.28. The van der Waals surface area contributed by atoms with Gasteiger partial charge in [0.2, 0.25) is 0 Å². The van der Waals surface area contributed by atoms with Gasteiger partial charge in [-0.25, -0.2) is 9.97 Å². The van der Waals surface area contributed by atoms with E-state index in [4.69, 9.17) is 9.97 Å². The number of piperazine rings is 1. The van der Waals surface area contributed by atoms with Gasteiger partial charge in [-0.3, -0.25) is 9.55 Å². The monoisotopic (exact) mass is 376 g/mol. The normalized spacial score (nSPS) is 14.8. The molecule has 4 aromatic rings. The number of hydrogen-bond acceptors (Lipinski definition) is 6. The first-order chi connectivity index (χ1) is 13.3. The van der Waals surface area contributed by atoms with Crippen molar-refractivity contribution in [1.29, 1.82) is 0 Å². The lowest BCUT2D eigenvalue weighted by Crippen LogP contribution is -2.43. The van der Waals surface area contributed by atoms with Crippen molar-refractivity contribution in [3.05, 3.63) is 53.7 Å². The molecule has 0 atom stereocenters. The van der Waals surface area contributed by atoms with Crippen LogP contribution in [0.1, 0.15) is 4.88 Å². The lowest BCUT2D eigenvalue weighted by atomic mass is 10.3. The van der Waals surface area contributed by atoms with Gasteiger partial charge in [0, 0.05) is 43.4 Å². The van der Waals surface area contributed by atoms with Gasteiger partial charge in [-0.2, -0.15) is 0 Å². The van der Waals surface area contributed by atoms with E-state index >= 15 is 0 Å². The van der Waals surface area contributed by atoms with Crippen LogP contribution in [-0.2, 0) is 0 Å². The molecule has 0 aliphatic carbocycles. The number of rotatable bonds is 3. The van der Waals surface area contributed by atoms with Gasteiger partial charge >= 0.3 is 0 Å². The molecule has 0 bridgehead atoms. The fourth-order valence-electron chi connectivity index (χ4n) is 3.48. The Morgan fingerprint density at radius 1 is 0.963 bits per heavy atom. The molecule has 136 valence electrons. The van der Waals surface area contributed by atoms with Crippen LogP contribution in [0.15, 0.2) is 48.8 Å². The first kappa shape index (κ1) is 16.4. The summed E-state index contributed by atoms with van der Waals surface area (Å²) >= 11 is 1.75. The molecule has 5 heterocycles. The van der Waals surface area contributed by atoms with E-state index in [0.29, 0.717) is 0 Å². The highest BCUT2D eigenvalue weighted by atomic mass is 32.1. The van der Waals surface area contributed by atoms with Crippen LogP contribution < -0.4 is 10.2 Å². The highest BCUT2D eigenvalue weighted by Gasteiger charge is 2.19. The minimum Gasteiger partial charge on any atom is -0.354 e. The molecular formula is C20H20N6S. The summed E-state index contributed by atoms with van der Waals surface area (Å²) < 4.78 is 2.15. The SMILES string of the molecule is Cc1ccc(-c2nc3ccc(N4CCNCC4)nc3n2-c2ccncc2)s1. The molecule has 0 unspecified atom stereocenters. The maximum Gasteiger partial charge on any atom is 0.167 e. The van der Waals surface area contributed by atoms with Crippen molar-refractivity contribution in [1.82, 2.24) is 24.8 Å². The Kier molecular flexibility index (Phi) is 4.10. The van der Waals surface area contributed by atoms with E-state index < -0.39 is 0 Å². The van der Waals surface area contributed by atoms with Crippen molar-refractivity contribution in [2.45, 2.75) is 6.92 Å². The lowest BCUT2D eigenvalue weighted by molar-refractivity contribution is 0.585. The number of hydrogen-bond donors (Lipinski definition) is 1. The second kappa shape index (κ2) is 6.75. The van der Waals surface area contributed by atoms with Crippen LogP contribution in [0.2, 0.25) is 0 Å². The molecule has 1 fully saturated rings. The molecule has 1 aliphatic heterocycles. The van der Waals surface area contributed by atoms with Crippen molar-refractivity contribution < 1.29 is 0 Å². The Bertz CT molecular complexity index is 1080. The number of anilines is 1. The van der Waals surface area contributed by atoms with Gasteiger partial charge in [-0.05, 0) is 43.3 Å². The van der Waals surface area contributed by atoms with Gasteiger partial charge in [0.1, 0.15) is 11.3 Å². The summed E-state index contributed by atoms with van der Waals surface area (Å²) in [5.74, 6) is 1.94. The van der Waals surface area contributed by atoms with Gasteiger partial charge in [0.05, 0.1) is 10.6 Å². The summed E-state index contributed by atoms with van der Waals surface area (Å²) in [5, 5.41) is 3.39. The Morgan fingerprint density at radius 3 is 2.52 bits per heavy atom. The summed E-state index contributed by atoms with van der Waals surface area (Å²) in [5.41, 5.74) is 2.82. The number of aromatic nitrogens is 4. The van der Waals surface area contributed by atoms with Gasteiger partial charge in [-0.15, -0.1) is 11.3 Å². The number of nitrogens with one attached hydrogen (secondary N) is 1. The fourth-order valence-corrected chi connectivity index (χ4v) is 4.32. The number of fused-ring (bicyclic) bond motifs is 1. The molecule has 0 amide bonds. The summed E-state index contributed by atoms with van der Waals surface area (Å²) in [7, 11) is 0. The largest absolute Gasteiger partial charge is 0.354 e. The maximum absolute atomic E-state index is 5.01. The van der Waals surface area contributed by atoms with E-state index in [1.807, 2.05) is 24.5 Å². The van der Waals surface area contributed by atoms with E-state index in [2.05, 4.69) is 51.0 Å². The molecule has 4 aromatic heterocycles. The number of imidazole rings is 1. The maximum atomic E-state index is 5.01. The first-order valence-corrected chi connectivity index (χ1v) is 9.93. The molecule has 1 saturated heterocycles. The summed E-state index contributed by atoms with van der Waals surface area (Å²) in [6.45, 7) is 6.04.